The first kappa shape index (κ1) is 19.0. The number of carbonyl (C=O) groups excluding carboxylic acids is 2. The van der Waals surface area contributed by atoms with Gasteiger partial charge in [-0.1, -0.05) is 11.6 Å². The Kier molecular flexibility index (Phi) is 6.59. The summed E-state index contributed by atoms with van der Waals surface area (Å²) in [6, 6.07) is 13.6. The van der Waals surface area contributed by atoms with Crippen LogP contribution in [0.25, 0.3) is 0 Å². The number of hydrogen-bond acceptors (Lipinski definition) is 4. The highest BCUT2D eigenvalue weighted by molar-refractivity contribution is 6.30. The number of halogens is 1. The van der Waals surface area contributed by atoms with Crippen LogP contribution in [-0.4, -0.2) is 24.5 Å². The van der Waals surface area contributed by atoms with Gasteiger partial charge < -0.3 is 9.47 Å². The average molecular weight is 361 g/mol. The molecule has 2 aromatic carbocycles. The van der Waals surface area contributed by atoms with Crippen molar-refractivity contribution in [2.45, 2.75) is 26.9 Å². The van der Waals surface area contributed by atoms with Crippen molar-refractivity contribution in [1.29, 1.82) is 0 Å². The Bertz CT molecular complexity index is 722. The van der Waals surface area contributed by atoms with Crippen LogP contribution in [0.4, 0.5) is 0 Å². The molecule has 2 aromatic rings. The lowest BCUT2D eigenvalue weighted by molar-refractivity contribution is -0.150. The van der Waals surface area contributed by atoms with Crippen molar-refractivity contribution in [2.24, 2.45) is 5.92 Å². The van der Waals surface area contributed by atoms with E-state index in [9.17, 15) is 9.59 Å². The molecule has 0 spiro atoms. The molecule has 0 fully saturated rings. The monoisotopic (exact) mass is 360 g/mol. The van der Waals surface area contributed by atoms with E-state index in [4.69, 9.17) is 21.1 Å². The van der Waals surface area contributed by atoms with Gasteiger partial charge in [-0.15, -0.1) is 0 Å². The predicted molar refractivity (Wildman–Crippen MR) is 97.2 cm³/mol. The molecule has 0 aliphatic carbocycles. The van der Waals surface area contributed by atoms with Crippen molar-refractivity contribution in [3.8, 4) is 5.75 Å². The normalized spacial score (nSPS) is 13.0. The van der Waals surface area contributed by atoms with Crippen LogP contribution in [0, 0.1) is 5.92 Å². The molecule has 0 aliphatic heterocycles. The Morgan fingerprint density at radius 2 is 1.48 bits per heavy atom. The molecule has 132 valence electrons. The zero-order valence-corrected chi connectivity index (χ0v) is 15.2. The highest BCUT2D eigenvalue weighted by atomic mass is 35.5. The summed E-state index contributed by atoms with van der Waals surface area (Å²) in [4.78, 5) is 24.2. The Morgan fingerprint density at radius 3 is 2.00 bits per heavy atom. The van der Waals surface area contributed by atoms with Gasteiger partial charge in [-0.05, 0) is 69.3 Å². The molecule has 25 heavy (non-hydrogen) atoms. The Labute approximate surface area is 152 Å². The minimum Gasteiger partial charge on any atom is -0.490 e. The number of ether oxygens (including phenoxy) is 2. The summed E-state index contributed by atoms with van der Waals surface area (Å²) in [5.41, 5.74) is 1.13. The van der Waals surface area contributed by atoms with Crippen LogP contribution >= 0.6 is 11.6 Å². The van der Waals surface area contributed by atoms with E-state index in [2.05, 4.69) is 0 Å². The van der Waals surface area contributed by atoms with Crippen LogP contribution in [0.15, 0.2) is 48.5 Å². The summed E-state index contributed by atoms with van der Waals surface area (Å²) in [6.45, 7) is 5.69. The van der Waals surface area contributed by atoms with E-state index in [0.717, 1.165) is 0 Å². The topological polar surface area (TPSA) is 52.6 Å². The van der Waals surface area contributed by atoms with Gasteiger partial charge in [-0.25, -0.2) is 0 Å². The van der Waals surface area contributed by atoms with Crippen molar-refractivity contribution in [3.05, 3.63) is 64.7 Å². The lowest BCUT2D eigenvalue weighted by atomic mass is 10.0. The molecule has 0 bridgehead atoms. The fourth-order valence-electron chi connectivity index (χ4n) is 2.23. The van der Waals surface area contributed by atoms with Gasteiger partial charge in [0.1, 0.15) is 11.9 Å². The van der Waals surface area contributed by atoms with Gasteiger partial charge in [-0.2, -0.15) is 0 Å². The van der Waals surface area contributed by atoms with Crippen molar-refractivity contribution in [2.75, 3.05) is 6.61 Å². The fourth-order valence-corrected chi connectivity index (χ4v) is 2.36. The maximum Gasteiger partial charge on any atom is 0.312 e. The van der Waals surface area contributed by atoms with Crippen LogP contribution in [0.3, 0.4) is 0 Å². The molecule has 0 saturated heterocycles. The number of rotatable bonds is 7. The van der Waals surface area contributed by atoms with Crippen molar-refractivity contribution in [3.63, 3.8) is 0 Å². The molecule has 0 heterocycles. The van der Waals surface area contributed by atoms with E-state index in [0.29, 0.717) is 28.5 Å². The molecular formula is C20H21ClO4. The summed E-state index contributed by atoms with van der Waals surface area (Å²) in [6.07, 6.45) is -0.336. The van der Waals surface area contributed by atoms with Crippen LogP contribution in [-0.2, 0) is 9.53 Å². The standard InChI is InChI=1S/C20H21ClO4/c1-4-24-20(23)13(2)14(3)25-18-11-7-16(8-12-18)19(22)15-5-9-17(21)10-6-15/h5-14H,4H2,1-3H3. The third-order valence-electron chi connectivity index (χ3n) is 3.91. The number of carbonyl (C=O) groups is 2. The largest absolute Gasteiger partial charge is 0.490 e. The Balaban J connectivity index is 2.03. The number of hydrogen-bond donors (Lipinski definition) is 0. The van der Waals surface area contributed by atoms with E-state index in [1.165, 1.54) is 0 Å². The molecule has 0 radical (unpaired) electrons. The molecule has 4 nitrogen and oxygen atoms in total. The third kappa shape index (κ3) is 5.07. The molecule has 0 aromatic heterocycles. The van der Waals surface area contributed by atoms with Gasteiger partial charge in [-0.3, -0.25) is 9.59 Å². The lowest BCUT2D eigenvalue weighted by Crippen LogP contribution is -2.29. The molecule has 2 atom stereocenters. The second kappa shape index (κ2) is 8.67. The molecular weight excluding hydrogens is 340 g/mol. The van der Waals surface area contributed by atoms with Crippen LogP contribution in [0.1, 0.15) is 36.7 Å². The maximum atomic E-state index is 12.4. The number of benzene rings is 2. The quantitative estimate of drug-likeness (QED) is 0.537. The SMILES string of the molecule is CCOC(=O)C(C)C(C)Oc1ccc(C(=O)c2ccc(Cl)cc2)cc1. The first-order valence-corrected chi connectivity index (χ1v) is 8.53. The Hall–Kier alpha value is -2.33. The summed E-state index contributed by atoms with van der Waals surface area (Å²) in [5, 5.41) is 0.588. The molecule has 0 N–H and O–H groups in total. The third-order valence-corrected chi connectivity index (χ3v) is 4.16. The first-order chi connectivity index (χ1) is 11.9. The summed E-state index contributed by atoms with van der Waals surface area (Å²) in [5.74, 6) is -0.160. The summed E-state index contributed by atoms with van der Waals surface area (Å²) >= 11 is 5.84. The van der Waals surface area contributed by atoms with E-state index in [-0.39, 0.29) is 23.8 Å². The maximum absolute atomic E-state index is 12.4. The van der Waals surface area contributed by atoms with Crippen molar-refractivity contribution >= 4 is 23.4 Å². The number of esters is 1. The zero-order valence-electron chi connectivity index (χ0n) is 14.5. The van der Waals surface area contributed by atoms with Gasteiger partial charge >= 0.3 is 5.97 Å². The van der Waals surface area contributed by atoms with Gasteiger partial charge in [0.05, 0.1) is 12.5 Å². The van der Waals surface area contributed by atoms with E-state index in [1.54, 1.807) is 62.4 Å². The van der Waals surface area contributed by atoms with Gasteiger partial charge in [0, 0.05) is 16.1 Å². The molecule has 0 amide bonds. The molecule has 2 rings (SSSR count). The van der Waals surface area contributed by atoms with Gasteiger partial charge in [0.2, 0.25) is 0 Å². The van der Waals surface area contributed by atoms with Crippen molar-refractivity contribution < 1.29 is 19.1 Å². The molecule has 5 heteroatoms. The highest BCUT2D eigenvalue weighted by Crippen LogP contribution is 2.20. The second-order valence-corrected chi connectivity index (χ2v) is 6.16. The minimum absolute atomic E-state index is 0.0869. The van der Waals surface area contributed by atoms with Crippen LogP contribution in [0.2, 0.25) is 5.02 Å². The van der Waals surface area contributed by atoms with Gasteiger partial charge in [0.25, 0.3) is 0 Å². The Morgan fingerprint density at radius 1 is 0.960 bits per heavy atom. The predicted octanol–water partition coefficient (Wildman–Crippen LogP) is 4.54. The van der Waals surface area contributed by atoms with Gasteiger partial charge in [0.15, 0.2) is 5.78 Å². The van der Waals surface area contributed by atoms with Crippen molar-refractivity contribution in [1.82, 2.24) is 0 Å². The van der Waals surface area contributed by atoms with E-state index < -0.39 is 0 Å². The zero-order chi connectivity index (χ0) is 18.4. The molecule has 0 aliphatic rings. The minimum atomic E-state index is -0.379. The lowest BCUT2D eigenvalue weighted by Gasteiger charge is -2.20. The summed E-state index contributed by atoms with van der Waals surface area (Å²) < 4.78 is 10.8. The molecule has 0 saturated carbocycles. The average Bonchev–Trinajstić information content (AvgIpc) is 2.62. The fraction of sp³-hybridized carbons (Fsp3) is 0.300. The van der Waals surface area contributed by atoms with E-state index in [1.807, 2.05) is 6.92 Å². The smallest absolute Gasteiger partial charge is 0.312 e. The van der Waals surface area contributed by atoms with Crippen LogP contribution in [0.5, 0.6) is 5.75 Å². The molecule has 2 unspecified atom stereocenters. The summed E-state index contributed by atoms with van der Waals surface area (Å²) in [7, 11) is 0. The number of ketones is 1. The van der Waals surface area contributed by atoms with Crippen LogP contribution < -0.4 is 4.74 Å². The first-order valence-electron chi connectivity index (χ1n) is 8.16. The highest BCUT2D eigenvalue weighted by Gasteiger charge is 2.23. The second-order valence-electron chi connectivity index (χ2n) is 5.72. The van der Waals surface area contributed by atoms with E-state index >= 15 is 0 Å².